The highest BCUT2D eigenvalue weighted by molar-refractivity contribution is 7.99. The van der Waals surface area contributed by atoms with Crippen LogP contribution in [0.2, 0.25) is 0 Å². The van der Waals surface area contributed by atoms with Crippen LogP contribution in [0.3, 0.4) is 0 Å². The van der Waals surface area contributed by atoms with Crippen LogP contribution in [0.15, 0.2) is 52.5 Å². The van der Waals surface area contributed by atoms with Crippen LogP contribution in [-0.2, 0) is 6.54 Å². The first kappa shape index (κ1) is 16.3. The Kier molecular flexibility index (Phi) is 4.31. The van der Waals surface area contributed by atoms with E-state index in [1.165, 1.54) is 16.9 Å². The smallest absolute Gasteiger partial charge is 0.272 e. The molecule has 3 heterocycles. The summed E-state index contributed by atoms with van der Waals surface area (Å²) in [6, 6.07) is 12.2. The summed E-state index contributed by atoms with van der Waals surface area (Å²) in [6.45, 7) is 4.67. The molecular weight excluding hydrogens is 350 g/mol. The van der Waals surface area contributed by atoms with Crippen LogP contribution in [0.4, 0.5) is 0 Å². The normalized spacial score (nSPS) is 11.4. The van der Waals surface area contributed by atoms with Crippen molar-refractivity contribution in [3.05, 3.63) is 64.1 Å². The Labute approximate surface area is 153 Å². The lowest BCUT2D eigenvalue weighted by atomic mass is 10.1. The molecule has 0 aliphatic rings. The molecule has 0 radical (unpaired) electrons. The molecule has 126 valence electrons. The van der Waals surface area contributed by atoms with Gasteiger partial charge in [0.15, 0.2) is 5.16 Å². The summed E-state index contributed by atoms with van der Waals surface area (Å²) in [5.74, 6) is 0.867. The molecule has 4 rings (SSSR count). The second-order valence-electron chi connectivity index (χ2n) is 5.84. The van der Waals surface area contributed by atoms with Crippen molar-refractivity contribution in [2.75, 3.05) is 5.75 Å². The van der Waals surface area contributed by atoms with Crippen molar-refractivity contribution in [2.45, 2.75) is 25.5 Å². The minimum atomic E-state index is 0.0181. The van der Waals surface area contributed by atoms with E-state index in [9.17, 15) is 4.79 Å². The average molecular weight is 367 g/mol. The topological polar surface area (TPSA) is 47.8 Å². The third-order valence-corrected chi connectivity index (χ3v) is 6.00. The van der Waals surface area contributed by atoms with E-state index in [1.54, 1.807) is 22.5 Å². The van der Waals surface area contributed by atoms with Crippen molar-refractivity contribution < 1.29 is 0 Å². The summed E-state index contributed by atoms with van der Waals surface area (Å²) in [4.78, 5) is 23.2. The number of pyridine rings is 1. The van der Waals surface area contributed by atoms with Gasteiger partial charge < -0.3 is 0 Å². The van der Waals surface area contributed by atoms with Crippen molar-refractivity contribution in [1.82, 2.24) is 14.5 Å². The van der Waals surface area contributed by atoms with Crippen LogP contribution in [0.5, 0.6) is 0 Å². The highest BCUT2D eigenvalue weighted by Crippen LogP contribution is 2.30. The molecule has 3 aromatic heterocycles. The van der Waals surface area contributed by atoms with E-state index in [4.69, 9.17) is 4.98 Å². The number of aromatic nitrogens is 3. The maximum absolute atomic E-state index is 13.2. The van der Waals surface area contributed by atoms with E-state index in [0.717, 1.165) is 32.2 Å². The molecular formula is C19H17N3OS2. The molecule has 0 unspecified atom stereocenters. The first-order chi connectivity index (χ1) is 12.2. The largest absolute Gasteiger partial charge is 0.282 e. The standard InChI is InChI=1S/C19H17N3OS2/c1-3-24-19-21-15-14-5-4-10-20-17(14)25-16(15)18(23)22(19)11-13-8-6-12(2)7-9-13/h4-10H,3,11H2,1-2H3. The minimum Gasteiger partial charge on any atom is -0.282 e. The minimum absolute atomic E-state index is 0.0181. The lowest BCUT2D eigenvalue weighted by Gasteiger charge is -2.11. The molecule has 1 aromatic carbocycles. The van der Waals surface area contributed by atoms with Crippen LogP contribution in [0, 0.1) is 6.92 Å². The summed E-state index contributed by atoms with van der Waals surface area (Å²) in [6.07, 6.45) is 1.75. The van der Waals surface area contributed by atoms with Crippen LogP contribution in [0.1, 0.15) is 18.1 Å². The maximum atomic E-state index is 13.2. The quantitative estimate of drug-likeness (QED) is 0.394. The van der Waals surface area contributed by atoms with Gasteiger partial charge in [-0.15, -0.1) is 11.3 Å². The monoisotopic (exact) mass is 367 g/mol. The molecule has 0 atom stereocenters. The van der Waals surface area contributed by atoms with Gasteiger partial charge in [-0.25, -0.2) is 9.97 Å². The van der Waals surface area contributed by atoms with E-state index in [1.807, 2.05) is 12.1 Å². The maximum Gasteiger partial charge on any atom is 0.272 e. The van der Waals surface area contributed by atoms with Crippen molar-refractivity contribution in [2.24, 2.45) is 0 Å². The Morgan fingerprint density at radius 2 is 2.00 bits per heavy atom. The van der Waals surface area contributed by atoms with Crippen molar-refractivity contribution in [1.29, 1.82) is 0 Å². The second kappa shape index (κ2) is 6.61. The average Bonchev–Trinajstić information content (AvgIpc) is 2.99. The Balaban J connectivity index is 1.93. The number of rotatable bonds is 4. The van der Waals surface area contributed by atoms with Crippen LogP contribution >= 0.6 is 23.1 Å². The van der Waals surface area contributed by atoms with Gasteiger partial charge in [-0.05, 0) is 30.4 Å². The van der Waals surface area contributed by atoms with Gasteiger partial charge >= 0.3 is 0 Å². The second-order valence-corrected chi connectivity index (χ2v) is 8.07. The van der Waals surface area contributed by atoms with E-state index < -0.39 is 0 Å². The summed E-state index contributed by atoms with van der Waals surface area (Å²) in [7, 11) is 0. The third kappa shape index (κ3) is 2.96. The predicted octanol–water partition coefficient (Wildman–Crippen LogP) is 4.47. The molecule has 25 heavy (non-hydrogen) atoms. The zero-order valence-electron chi connectivity index (χ0n) is 14.0. The molecule has 6 heteroatoms. The van der Waals surface area contributed by atoms with Crippen LogP contribution in [0.25, 0.3) is 20.4 Å². The number of thiophene rings is 1. The number of hydrogen-bond donors (Lipinski definition) is 0. The summed E-state index contributed by atoms with van der Waals surface area (Å²) >= 11 is 3.03. The number of nitrogens with zero attached hydrogens (tertiary/aromatic N) is 3. The molecule has 0 N–H and O–H groups in total. The van der Waals surface area contributed by atoms with E-state index in [0.29, 0.717) is 11.2 Å². The van der Waals surface area contributed by atoms with Gasteiger partial charge in [0.2, 0.25) is 0 Å². The Bertz CT molecular complexity index is 1110. The lowest BCUT2D eigenvalue weighted by molar-refractivity contribution is 0.660. The molecule has 0 saturated heterocycles. The van der Waals surface area contributed by atoms with Gasteiger partial charge in [-0.3, -0.25) is 9.36 Å². The molecule has 0 saturated carbocycles. The van der Waals surface area contributed by atoms with Crippen molar-refractivity contribution >= 4 is 43.5 Å². The zero-order valence-corrected chi connectivity index (χ0v) is 15.7. The first-order valence-electron chi connectivity index (χ1n) is 8.14. The van der Waals surface area contributed by atoms with E-state index in [-0.39, 0.29) is 5.56 Å². The van der Waals surface area contributed by atoms with Gasteiger partial charge in [-0.2, -0.15) is 0 Å². The first-order valence-corrected chi connectivity index (χ1v) is 9.94. The fraction of sp³-hybridized carbons (Fsp3) is 0.211. The van der Waals surface area contributed by atoms with Gasteiger partial charge in [-0.1, -0.05) is 48.5 Å². The number of thioether (sulfide) groups is 1. The number of aryl methyl sites for hydroxylation is 1. The number of fused-ring (bicyclic) bond motifs is 3. The summed E-state index contributed by atoms with van der Waals surface area (Å²) in [5.41, 5.74) is 3.10. The van der Waals surface area contributed by atoms with Gasteiger partial charge in [0.05, 0.1) is 12.1 Å². The predicted molar refractivity (Wildman–Crippen MR) is 106 cm³/mol. The molecule has 0 bridgehead atoms. The molecule has 4 nitrogen and oxygen atoms in total. The highest BCUT2D eigenvalue weighted by atomic mass is 32.2. The van der Waals surface area contributed by atoms with E-state index >= 15 is 0 Å². The van der Waals surface area contributed by atoms with Gasteiger partial charge in [0.25, 0.3) is 5.56 Å². The van der Waals surface area contributed by atoms with Gasteiger partial charge in [0.1, 0.15) is 9.53 Å². The number of hydrogen-bond acceptors (Lipinski definition) is 5. The Morgan fingerprint density at radius 3 is 2.76 bits per heavy atom. The lowest BCUT2D eigenvalue weighted by Crippen LogP contribution is -2.23. The van der Waals surface area contributed by atoms with Crippen LogP contribution < -0.4 is 5.56 Å². The SMILES string of the molecule is CCSc1nc2c(sc3ncccc32)c(=O)n1Cc1ccc(C)cc1. The molecule has 0 amide bonds. The molecule has 0 aliphatic carbocycles. The van der Waals surface area contributed by atoms with E-state index in [2.05, 4.69) is 43.1 Å². The van der Waals surface area contributed by atoms with Crippen molar-refractivity contribution in [3.63, 3.8) is 0 Å². The van der Waals surface area contributed by atoms with Crippen molar-refractivity contribution in [3.8, 4) is 0 Å². The van der Waals surface area contributed by atoms with Crippen LogP contribution in [-0.4, -0.2) is 20.3 Å². The molecule has 0 fully saturated rings. The fourth-order valence-electron chi connectivity index (χ4n) is 2.80. The molecule has 4 aromatic rings. The molecule has 0 aliphatic heterocycles. The Morgan fingerprint density at radius 1 is 1.20 bits per heavy atom. The Hall–Kier alpha value is -2.18. The summed E-state index contributed by atoms with van der Waals surface area (Å²) in [5, 5.41) is 1.73. The third-order valence-electron chi connectivity index (χ3n) is 4.05. The molecule has 0 spiro atoms. The zero-order chi connectivity index (χ0) is 17.4. The van der Waals surface area contributed by atoms with Gasteiger partial charge in [0, 0.05) is 11.6 Å². The highest BCUT2D eigenvalue weighted by Gasteiger charge is 2.16. The number of benzene rings is 1. The summed E-state index contributed by atoms with van der Waals surface area (Å²) < 4.78 is 2.47. The fourth-order valence-corrected chi connectivity index (χ4v) is 4.54.